The maximum atomic E-state index is 12.1. The lowest BCUT2D eigenvalue weighted by molar-refractivity contribution is -0.111. The SMILES string of the molecule is Cc1nn(C)c(C)c1NC(=O)/C=C/c1cn(Cc2ccccc2)nn1. The second kappa shape index (κ2) is 7.12. The minimum Gasteiger partial charge on any atom is -0.319 e. The van der Waals surface area contributed by atoms with E-state index in [9.17, 15) is 4.79 Å². The van der Waals surface area contributed by atoms with Crippen LogP contribution in [-0.4, -0.2) is 30.7 Å². The van der Waals surface area contributed by atoms with Crippen LogP contribution in [0.3, 0.4) is 0 Å². The van der Waals surface area contributed by atoms with Gasteiger partial charge in [0.15, 0.2) is 0 Å². The van der Waals surface area contributed by atoms with Gasteiger partial charge in [0.2, 0.25) is 5.91 Å². The monoisotopic (exact) mass is 336 g/mol. The van der Waals surface area contributed by atoms with Crippen molar-refractivity contribution in [2.75, 3.05) is 5.32 Å². The third-order valence-corrected chi connectivity index (χ3v) is 3.91. The predicted octanol–water partition coefficient (Wildman–Crippen LogP) is 2.33. The van der Waals surface area contributed by atoms with Crippen molar-refractivity contribution in [2.45, 2.75) is 20.4 Å². The molecule has 128 valence electrons. The molecule has 0 fully saturated rings. The molecule has 1 aromatic carbocycles. The Labute approximate surface area is 146 Å². The van der Waals surface area contributed by atoms with Crippen LogP contribution in [0.5, 0.6) is 0 Å². The van der Waals surface area contributed by atoms with E-state index in [2.05, 4.69) is 20.7 Å². The molecule has 0 aliphatic heterocycles. The average Bonchev–Trinajstić information content (AvgIpc) is 3.14. The van der Waals surface area contributed by atoms with E-state index in [0.717, 1.165) is 22.6 Å². The lowest BCUT2D eigenvalue weighted by atomic mass is 10.2. The van der Waals surface area contributed by atoms with Gasteiger partial charge in [-0.2, -0.15) is 5.10 Å². The van der Waals surface area contributed by atoms with Crippen LogP contribution in [0.1, 0.15) is 22.6 Å². The van der Waals surface area contributed by atoms with Crippen molar-refractivity contribution < 1.29 is 4.79 Å². The molecule has 7 nitrogen and oxygen atoms in total. The highest BCUT2D eigenvalue weighted by atomic mass is 16.1. The summed E-state index contributed by atoms with van der Waals surface area (Å²) in [5.41, 5.74) is 4.21. The molecule has 2 heterocycles. The normalized spacial score (nSPS) is 11.2. The third-order valence-electron chi connectivity index (χ3n) is 3.91. The highest BCUT2D eigenvalue weighted by Gasteiger charge is 2.10. The van der Waals surface area contributed by atoms with Crippen molar-refractivity contribution in [3.63, 3.8) is 0 Å². The first-order chi connectivity index (χ1) is 12.0. The smallest absolute Gasteiger partial charge is 0.248 e. The summed E-state index contributed by atoms with van der Waals surface area (Å²) >= 11 is 0. The Bertz CT molecular complexity index is 907. The van der Waals surface area contributed by atoms with E-state index in [1.165, 1.54) is 6.08 Å². The van der Waals surface area contributed by atoms with E-state index in [0.29, 0.717) is 12.2 Å². The quantitative estimate of drug-likeness (QED) is 0.726. The molecule has 1 N–H and O–H groups in total. The summed E-state index contributed by atoms with van der Waals surface area (Å²) in [7, 11) is 1.85. The van der Waals surface area contributed by atoms with Gasteiger partial charge in [0.05, 0.1) is 29.8 Å². The van der Waals surface area contributed by atoms with E-state index in [1.54, 1.807) is 21.6 Å². The molecule has 0 aliphatic carbocycles. The van der Waals surface area contributed by atoms with E-state index in [-0.39, 0.29) is 5.91 Å². The van der Waals surface area contributed by atoms with Crippen molar-refractivity contribution in [1.29, 1.82) is 0 Å². The number of amides is 1. The number of hydrogen-bond donors (Lipinski definition) is 1. The van der Waals surface area contributed by atoms with Crippen molar-refractivity contribution in [2.24, 2.45) is 7.05 Å². The van der Waals surface area contributed by atoms with Gasteiger partial charge in [0.25, 0.3) is 0 Å². The zero-order chi connectivity index (χ0) is 17.8. The third kappa shape index (κ3) is 4.00. The summed E-state index contributed by atoms with van der Waals surface area (Å²) < 4.78 is 3.48. The molecule has 0 aliphatic rings. The fraction of sp³-hybridized carbons (Fsp3) is 0.222. The molecule has 0 saturated carbocycles. The number of carbonyl (C=O) groups is 1. The molecule has 0 radical (unpaired) electrons. The number of benzene rings is 1. The maximum absolute atomic E-state index is 12.1. The Balaban J connectivity index is 1.63. The number of carbonyl (C=O) groups excluding carboxylic acids is 1. The fourth-order valence-corrected chi connectivity index (χ4v) is 2.52. The molecule has 0 atom stereocenters. The van der Waals surface area contributed by atoms with Gasteiger partial charge in [0.1, 0.15) is 5.69 Å². The first-order valence-electron chi connectivity index (χ1n) is 7.96. The number of aryl methyl sites for hydroxylation is 2. The van der Waals surface area contributed by atoms with Crippen LogP contribution < -0.4 is 5.32 Å². The number of anilines is 1. The van der Waals surface area contributed by atoms with Gasteiger partial charge in [-0.3, -0.25) is 9.48 Å². The van der Waals surface area contributed by atoms with E-state index in [4.69, 9.17) is 0 Å². The molecule has 3 aromatic rings. The molecule has 0 bridgehead atoms. The number of nitrogens with one attached hydrogen (secondary N) is 1. The van der Waals surface area contributed by atoms with Crippen molar-refractivity contribution >= 4 is 17.7 Å². The van der Waals surface area contributed by atoms with Gasteiger partial charge >= 0.3 is 0 Å². The Hall–Kier alpha value is -3.22. The average molecular weight is 336 g/mol. The lowest BCUT2D eigenvalue weighted by Gasteiger charge is -2.01. The van der Waals surface area contributed by atoms with E-state index < -0.39 is 0 Å². The standard InChI is InChI=1S/C18H20N6O/c1-13-18(14(2)23(3)21-13)19-17(25)10-9-16-12-24(22-20-16)11-15-7-5-4-6-8-15/h4-10,12H,11H2,1-3H3,(H,19,25)/b10-9+. The molecule has 7 heteroatoms. The first kappa shape index (κ1) is 16.6. The van der Waals surface area contributed by atoms with Gasteiger partial charge < -0.3 is 5.32 Å². The highest BCUT2D eigenvalue weighted by molar-refractivity contribution is 6.02. The summed E-state index contributed by atoms with van der Waals surface area (Å²) in [4.78, 5) is 12.1. The highest BCUT2D eigenvalue weighted by Crippen LogP contribution is 2.18. The molecular formula is C18H20N6O. The Kier molecular flexibility index (Phi) is 4.74. The lowest BCUT2D eigenvalue weighted by Crippen LogP contribution is -2.09. The van der Waals surface area contributed by atoms with Crippen molar-refractivity contribution in [3.8, 4) is 0 Å². The minimum absolute atomic E-state index is 0.225. The van der Waals surface area contributed by atoms with Crippen LogP contribution in [0.2, 0.25) is 0 Å². The number of hydrogen-bond acceptors (Lipinski definition) is 4. The van der Waals surface area contributed by atoms with Crippen molar-refractivity contribution in [3.05, 3.63) is 65.2 Å². The Morgan fingerprint density at radius 2 is 2.00 bits per heavy atom. The molecule has 1 amide bonds. The summed E-state index contributed by atoms with van der Waals surface area (Å²) in [6, 6.07) is 10.0. The number of aromatic nitrogens is 5. The summed E-state index contributed by atoms with van der Waals surface area (Å²) in [6.07, 6.45) is 4.89. The zero-order valence-corrected chi connectivity index (χ0v) is 14.5. The molecule has 25 heavy (non-hydrogen) atoms. The first-order valence-corrected chi connectivity index (χ1v) is 7.96. The fourth-order valence-electron chi connectivity index (χ4n) is 2.52. The van der Waals surface area contributed by atoms with Gasteiger partial charge in [0, 0.05) is 13.1 Å². The minimum atomic E-state index is -0.225. The van der Waals surface area contributed by atoms with Crippen molar-refractivity contribution in [1.82, 2.24) is 24.8 Å². The van der Waals surface area contributed by atoms with Crippen LogP contribution in [0.4, 0.5) is 5.69 Å². The maximum Gasteiger partial charge on any atom is 0.248 e. The second-order valence-electron chi connectivity index (χ2n) is 5.82. The van der Waals surface area contributed by atoms with Crippen LogP contribution >= 0.6 is 0 Å². The largest absolute Gasteiger partial charge is 0.319 e. The number of rotatable bonds is 5. The molecule has 2 aromatic heterocycles. The van der Waals surface area contributed by atoms with Gasteiger partial charge in [-0.15, -0.1) is 5.10 Å². The Morgan fingerprint density at radius 1 is 1.24 bits per heavy atom. The van der Waals surface area contributed by atoms with Crippen LogP contribution in [0.15, 0.2) is 42.6 Å². The molecule has 0 unspecified atom stereocenters. The Morgan fingerprint density at radius 3 is 2.68 bits per heavy atom. The van der Waals surface area contributed by atoms with Gasteiger partial charge in [-0.25, -0.2) is 4.68 Å². The number of nitrogens with zero attached hydrogens (tertiary/aromatic N) is 5. The van der Waals surface area contributed by atoms with Crippen LogP contribution in [-0.2, 0) is 18.4 Å². The van der Waals surface area contributed by atoms with Gasteiger partial charge in [-0.05, 0) is 25.5 Å². The molecule has 0 saturated heterocycles. The molecule has 0 spiro atoms. The summed E-state index contributed by atoms with van der Waals surface area (Å²) in [5.74, 6) is -0.225. The van der Waals surface area contributed by atoms with Gasteiger partial charge in [-0.1, -0.05) is 35.5 Å². The van der Waals surface area contributed by atoms with Crippen LogP contribution in [0, 0.1) is 13.8 Å². The molecular weight excluding hydrogens is 316 g/mol. The van der Waals surface area contributed by atoms with Crippen LogP contribution in [0.25, 0.3) is 6.08 Å². The summed E-state index contributed by atoms with van der Waals surface area (Å²) in [6.45, 7) is 4.41. The second-order valence-corrected chi connectivity index (χ2v) is 5.82. The summed E-state index contributed by atoms with van der Waals surface area (Å²) in [5, 5.41) is 15.3. The van der Waals surface area contributed by atoms with E-state index >= 15 is 0 Å². The topological polar surface area (TPSA) is 77.6 Å². The zero-order valence-electron chi connectivity index (χ0n) is 14.5. The molecule has 3 rings (SSSR count). The van der Waals surface area contributed by atoms with E-state index in [1.807, 2.05) is 51.2 Å². The predicted molar refractivity (Wildman–Crippen MR) is 95.9 cm³/mol.